The molecule has 1 heterocycles. The lowest BCUT2D eigenvalue weighted by Gasteiger charge is -2.43. The Morgan fingerprint density at radius 1 is 1.44 bits per heavy atom. The molecule has 0 aromatic rings. The quantitative estimate of drug-likeness (QED) is 0.792. The van der Waals surface area contributed by atoms with Crippen LogP contribution < -0.4 is 5.73 Å². The molecule has 1 rings (SSSR count). The Morgan fingerprint density at radius 3 is 2.56 bits per heavy atom. The molecule has 3 N–H and O–H groups in total. The number of carboxylic acids is 1. The van der Waals surface area contributed by atoms with Crippen LogP contribution in [0.25, 0.3) is 0 Å². The van der Waals surface area contributed by atoms with Crippen LogP contribution in [0.2, 0.25) is 0 Å². The molecule has 1 saturated heterocycles. The van der Waals surface area contributed by atoms with Crippen LogP contribution in [0, 0.1) is 5.92 Å². The summed E-state index contributed by atoms with van der Waals surface area (Å²) in [5.41, 5.74) is 4.84. The van der Waals surface area contributed by atoms with Gasteiger partial charge in [-0.2, -0.15) is 0 Å². The summed E-state index contributed by atoms with van der Waals surface area (Å²) < 4.78 is 0. The van der Waals surface area contributed by atoms with E-state index in [1.165, 1.54) is 4.90 Å². The van der Waals surface area contributed by atoms with E-state index in [1.54, 1.807) is 6.92 Å². The highest BCUT2D eigenvalue weighted by molar-refractivity contribution is 5.89. The zero-order valence-electron chi connectivity index (χ0n) is 11.5. The first kappa shape index (κ1) is 15.0. The lowest BCUT2D eigenvalue weighted by molar-refractivity contribution is -0.162. The normalized spacial score (nSPS) is 27.7. The Balaban J connectivity index is 2.91. The molecule has 0 radical (unpaired) electrons. The van der Waals surface area contributed by atoms with Gasteiger partial charge in [0.05, 0.1) is 6.04 Å². The molecule has 104 valence electrons. The number of nitrogens with zero attached hydrogens (tertiary/aromatic N) is 1. The number of carboxylic acid groups (broad SMARTS) is 1. The Bertz CT molecular complexity index is 332. The molecular weight excluding hydrogens is 232 g/mol. The number of aliphatic carboxylic acids is 1. The van der Waals surface area contributed by atoms with Gasteiger partial charge < -0.3 is 15.7 Å². The van der Waals surface area contributed by atoms with E-state index < -0.39 is 17.6 Å². The SMILES string of the molecule is CCC(C)[C@H](N)C(=O)N1CCCCC1(C)C(=O)O. The lowest BCUT2D eigenvalue weighted by Crippen LogP contribution is -2.61. The smallest absolute Gasteiger partial charge is 0.329 e. The van der Waals surface area contributed by atoms with Crippen molar-refractivity contribution in [3.05, 3.63) is 0 Å². The summed E-state index contributed by atoms with van der Waals surface area (Å²) in [5.74, 6) is -1.10. The zero-order valence-corrected chi connectivity index (χ0v) is 11.5. The highest BCUT2D eigenvalue weighted by atomic mass is 16.4. The summed E-state index contributed by atoms with van der Waals surface area (Å²) >= 11 is 0. The number of likely N-dealkylation sites (tertiary alicyclic amines) is 1. The summed E-state index contributed by atoms with van der Waals surface area (Å²) in [6, 6.07) is -0.605. The van der Waals surface area contributed by atoms with Crippen LogP contribution in [-0.2, 0) is 9.59 Å². The summed E-state index contributed by atoms with van der Waals surface area (Å²) in [7, 11) is 0. The van der Waals surface area contributed by atoms with Gasteiger partial charge >= 0.3 is 5.97 Å². The molecule has 1 fully saturated rings. The van der Waals surface area contributed by atoms with Gasteiger partial charge in [0.1, 0.15) is 5.54 Å². The van der Waals surface area contributed by atoms with E-state index in [9.17, 15) is 14.7 Å². The number of carbonyl (C=O) groups excluding carboxylic acids is 1. The van der Waals surface area contributed by atoms with Crippen molar-refractivity contribution in [3.63, 3.8) is 0 Å². The van der Waals surface area contributed by atoms with Crippen LogP contribution in [0.5, 0.6) is 0 Å². The molecule has 0 aromatic carbocycles. The van der Waals surface area contributed by atoms with Crippen molar-refractivity contribution < 1.29 is 14.7 Å². The van der Waals surface area contributed by atoms with E-state index in [0.29, 0.717) is 13.0 Å². The van der Waals surface area contributed by atoms with Crippen molar-refractivity contribution in [3.8, 4) is 0 Å². The molecular formula is C13H24N2O3. The van der Waals surface area contributed by atoms with Crippen molar-refractivity contribution in [1.82, 2.24) is 4.90 Å². The van der Waals surface area contributed by atoms with E-state index in [1.807, 2.05) is 13.8 Å². The first-order valence-electron chi connectivity index (χ1n) is 6.65. The molecule has 0 saturated carbocycles. The fraction of sp³-hybridized carbons (Fsp3) is 0.846. The number of hydrogen-bond acceptors (Lipinski definition) is 3. The van der Waals surface area contributed by atoms with Crippen LogP contribution in [0.4, 0.5) is 0 Å². The molecule has 18 heavy (non-hydrogen) atoms. The van der Waals surface area contributed by atoms with E-state index in [0.717, 1.165) is 19.3 Å². The molecule has 0 aliphatic carbocycles. The third-order valence-corrected chi connectivity index (χ3v) is 4.16. The van der Waals surface area contributed by atoms with Gasteiger partial charge in [0.25, 0.3) is 0 Å². The molecule has 3 atom stereocenters. The molecule has 1 aliphatic heterocycles. The number of carbonyl (C=O) groups is 2. The molecule has 0 bridgehead atoms. The van der Waals surface area contributed by atoms with Crippen LogP contribution in [0.1, 0.15) is 46.5 Å². The van der Waals surface area contributed by atoms with Gasteiger partial charge in [-0.3, -0.25) is 4.79 Å². The highest BCUT2D eigenvalue weighted by Gasteiger charge is 2.45. The minimum absolute atomic E-state index is 0.0671. The minimum Gasteiger partial charge on any atom is -0.480 e. The predicted octanol–water partition coefficient (Wildman–Crippen LogP) is 1.22. The molecule has 0 spiro atoms. The maximum atomic E-state index is 12.4. The standard InChI is InChI=1S/C13H24N2O3/c1-4-9(2)10(14)11(16)15-8-6-5-7-13(15,3)12(17)18/h9-10H,4-8,14H2,1-3H3,(H,17,18)/t9?,10-,13?/m0/s1. The second-order valence-corrected chi connectivity index (χ2v) is 5.44. The van der Waals surface area contributed by atoms with Gasteiger partial charge in [-0.05, 0) is 32.1 Å². The number of hydrogen-bond donors (Lipinski definition) is 2. The zero-order chi connectivity index (χ0) is 13.9. The van der Waals surface area contributed by atoms with Gasteiger partial charge in [0.2, 0.25) is 5.91 Å². The van der Waals surface area contributed by atoms with Crippen LogP contribution in [0.15, 0.2) is 0 Å². The van der Waals surface area contributed by atoms with Crippen molar-refractivity contribution in [1.29, 1.82) is 0 Å². The van der Waals surface area contributed by atoms with Crippen molar-refractivity contribution >= 4 is 11.9 Å². The minimum atomic E-state index is -1.10. The highest BCUT2D eigenvalue weighted by Crippen LogP contribution is 2.29. The second-order valence-electron chi connectivity index (χ2n) is 5.44. The van der Waals surface area contributed by atoms with Crippen molar-refractivity contribution in [2.75, 3.05) is 6.54 Å². The second kappa shape index (κ2) is 5.69. The molecule has 1 amide bonds. The summed E-state index contributed by atoms with van der Waals surface area (Å²) in [4.78, 5) is 25.2. The van der Waals surface area contributed by atoms with Gasteiger partial charge in [-0.25, -0.2) is 4.79 Å². The average molecular weight is 256 g/mol. The first-order chi connectivity index (χ1) is 8.34. The third kappa shape index (κ3) is 2.66. The summed E-state index contributed by atoms with van der Waals surface area (Å²) in [6.07, 6.45) is 3.00. The van der Waals surface area contributed by atoms with Gasteiger partial charge in [-0.1, -0.05) is 20.3 Å². The van der Waals surface area contributed by atoms with E-state index >= 15 is 0 Å². The summed E-state index contributed by atoms with van der Waals surface area (Å²) in [6.45, 7) is 6.01. The van der Waals surface area contributed by atoms with Gasteiger partial charge in [-0.15, -0.1) is 0 Å². The predicted molar refractivity (Wildman–Crippen MR) is 69.0 cm³/mol. The molecule has 2 unspecified atom stereocenters. The summed E-state index contributed by atoms with van der Waals surface area (Å²) in [5, 5.41) is 9.36. The molecule has 5 heteroatoms. The third-order valence-electron chi connectivity index (χ3n) is 4.16. The Kier molecular flexibility index (Phi) is 4.73. The fourth-order valence-electron chi connectivity index (χ4n) is 2.37. The first-order valence-corrected chi connectivity index (χ1v) is 6.65. The average Bonchev–Trinajstić information content (AvgIpc) is 2.36. The van der Waals surface area contributed by atoms with E-state index in [-0.39, 0.29) is 11.8 Å². The Hall–Kier alpha value is -1.10. The monoisotopic (exact) mass is 256 g/mol. The van der Waals surface area contributed by atoms with Crippen molar-refractivity contribution in [2.45, 2.75) is 58.0 Å². The molecule has 1 aliphatic rings. The van der Waals surface area contributed by atoms with Gasteiger partial charge in [0.15, 0.2) is 0 Å². The fourth-order valence-corrected chi connectivity index (χ4v) is 2.37. The maximum absolute atomic E-state index is 12.4. The van der Waals surface area contributed by atoms with Crippen LogP contribution in [0.3, 0.4) is 0 Å². The number of piperidine rings is 1. The van der Waals surface area contributed by atoms with Crippen molar-refractivity contribution in [2.24, 2.45) is 11.7 Å². The van der Waals surface area contributed by atoms with Crippen LogP contribution in [-0.4, -0.2) is 40.0 Å². The van der Waals surface area contributed by atoms with Crippen LogP contribution >= 0.6 is 0 Å². The maximum Gasteiger partial charge on any atom is 0.329 e. The lowest BCUT2D eigenvalue weighted by atomic mass is 9.86. The topological polar surface area (TPSA) is 83.6 Å². The number of amides is 1. The van der Waals surface area contributed by atoms with Gasteiger partial charge in [0, 0.05) is 6.54 Å². The number of rotatable bonds is 4. The number of nitrogens with two attached hydrogens (primary N) is 1. The van der Waals surface area contributed by atoms with E-state index in [4.69, 9.17) is 5.73 Å². The molecule has 5 nitrogen and oxygen atoms in total. The molecule has 0 aromatic heterocycles. The Labute approximate surface area is 108 Å². The Morgan fingerprint density at radius 2 is 2.06 bits per heavy atom. The van der Waals surface area contributed by atoms with E-state index in [2.05, 4.69) is 0 Å². The largest absolute Gasteiger partial charge is 0.480 e.